The Kier molecular flexibility index (Phi) is 3.28. The summed E-state index contributed by atoms with van der Waals surface area (Å²) in [6.45, 7) is 1.08. The van der Waals surface area contributed by atoms with E-state index in [1.165, 1.54) is 30.2 Å². The lowest BCUT2D eigenvalue weighted by Crippen LogP contribution is -2.17. The van der Waals surface area contributed by atoms with Gasteiger partial charge in [-0.2, -0.15) is 0 Å². The zero-order valence-corrected chi connectivity index (χ0v) is 11.0. The molecule has 100 valence electrons. The van der Waals surface area contributed by atoms with Crippen molar-refractivity contribution in [2.24, 2.45) is 5.92 Å². The average molecular weight is 257 g/mol. The maximum absolute atomic E-state index is 10.8. The van der Waals surface area contributed by atoms with Gasteiger partial charge in [0.15, 0.2) is 0 Å². The summed E-state index contributed by atoms with van der Waals surface area (Å²) >= 11 is 0. The Balaban J connectivity index is 1.91. The summed E-state index contributed by atoms with van der Waals surface area (Å²) in [7, 11) is 0. The largest absolute Gasteiger partial charge is 0.481 e. The highest BCUT2D eigenvalue weighted by Crippen LogP contribution is 2.30. The second-order valence-electron chi connectivity index (χ2n) is 5.51. The van der Waals surface area contributed by atoms with E-state index in [0.29, 0.717) is 6.42 Å². The molecule has 0 amide bonds. The number of nitrogens with zero attached hydrogens (tertiary/aromatic N) is 1. The van der Waals surface area contributed by atoms with Gasteiger partial charge in [0.05, 0.1) is 5.52 Å². The van der Waals surface area contributed by atoms with E-state index in [1.807, 2.05) is 6.07 Å². The first kappa shape index (κ1) is 12.3. The zero-order chi connectivity index (χ0) is 13.2. The molecule has 0 bridgehead atoms. The van der Waals surface area contributed by atoms with E-state index in [2.05, 4.69) is 29.0 Å². The predicted molar refractivity (Wildman–Crippen MR) is 75.2 cm³/mol. The van der Waals surface area contributed by atoms with Crippen LogP contribution >= 0.6 is 0 Å². The summed E-state index contributed by atoms with van der Waals surface area (Å²) in [5.74, 6) is 0.0808. The highest BCUT2D eigenvalue weighted by atomic mass is 16.4. The SMILES string of the molecule is O=C(O)CCc1cccc2ccn(CC3CCC3)c12. The molecule has 1 saturated carbocycles. The van der Waals surface area contributed by atoms with Crippen molar-refractivity contribution in [2.45, 2.75) is 38.6 Å². The number of fused-ring (bicyclic) bond motifs is 1. The molecule has 1 aliphatic rings. The highest BCUT2D eigenvalue weighted by molar-refractivity contribution is 5.84. The van der Waals surface area contributed by atoms with Crippen molar-refractivity contribution >= 4 is 16.9 Å². The summed E-state index contributed by atoms with van der Waals surface area (Å²) in [4.78, 5) is 10.8. The quantitative estimate of drug-likeness (QED) is 0.891. The third-order valence-corrected chi connectivity index (χ3v) is 4.16. The van der Waals surface area contributed by atoms with Crippen LogP contribution in [-0.4, -0.2) is 15.6 Å². The molecular weight excluding hydrogens is 238 g/mol. The van der Waals surface area contributed by atoms with Crippen molar-refractivity contribution in [1.29, 1.82) is 0 Å². The van der Waals surface area contributed by atoms with Gasteiger partial charge in [0, 0.05) is 19.2 Å². The lowest BCUT2D eigenvalue weighted by Gasteiger charge is -2.26. The van der Waals surface area contributed by atoms with Crippen LogP contribution in [0.3, 0.4) is 0 Å². The van der Waals surface area contributed by atoms with E-state index in [-0.39, 0.29) is 6.42 Å². The fourth-order valence-corrected chi connectivity index (χ4v) is 2.89. The Morgan fingerprint density at radius 1 is 1.32 bits per heavy atom. The van der Waals surface area contributed by atoms with Gasteiger partial charge >= 0.3 is 5.97 Å². The first-order valence-corrected chi connectivity index (χ1v) is 7.02. The molecule has 0 unspecified atom stereocenters. The molecule has 19 heavy (non-hydrogen) atoms. The van der Waals surface area contributed by atoms with Gasteiger partial charge in [-0.15, -0.1) is 0 Å². The van der Waals surface area contributed by atoms with Gasteiger partial charge in [-0.25, -0.2) is 0 Å². The van der Waals surface area contributed by atoms with Crippen LogP contribution in [-0.2, 0) is 17.8 Å². The second kappa shape index (κ2) is 5.08. The number of aryl methyl sites for hydroxylation is 1. The highest BCUT2D eigenvalue weighted by Gasteiger charge is 2.19. The van der Waals surface area contributed by atoms with Crippen molar-refractivity contribution in [2.75, 3.05) is 0 Å². The molecule has 0 aliphatic heterocycles. The molecule has 3 nitrogen and oxygen atoms in total. The number of carboxylic acid groups (broad SMARTS) is 1. The standard InChI is InChI=1S/C16H19NO2/c18-15(19)8-7-13-5-2-6-14-9-10-17(16(13)14)11-12-3-1-4-12/h2,5-6,9-10,12H,1,3-4,7-8,11H2,(H,18,19). The van der Waals surface area contributed by atoms with Gasteiger partial charge in [-0.05, 0) is 42.2 Å². The number of aromatic nitrogens is 1. The third kappa shape index (κ3) is 2.50. The van der Waals surface area contributed by atoms with Crippen molar-refractivity contribution in [3.8, 4) is 0 Å². The number of aliphatic carboxylic acids is 1. The first-order chi connectivity index (χ1) is 9.24. The molecule has 2 aromatic rings. The summed E-state index contributed by atoms with van der Waals surface area (Å²) in [5.41, 5.74) is 2.39. The lowest BCUT2D eigenvalue weighted by molar-refractivity contribution is -0.136. The number of carboxylic acids is 1. The monoisotopic (exact) mass is 257 g/mol. The third-order valence-electron chi connectivity index (χ3n) is 4.16. The molecule has 1 N–H and O–H groups in total. The average Bonchev–Trinajstić information content (AvgIpc) is 2.75. The number of hydrogen-bond acceptors (Lipinski definition) is 1. The topological polar surface area (TPSA) is 42.2 Å². The van der Waals surface area contributed by atoms with E-state index < -0.39 is 5.97 Å². The van der Waals surface area contributed by atoms with Gasteiger partial charge in [-0.3, -0.25) is 4.79 Å². The maximum Gasteiger partial charge on any atom is 0.303 e. The smallest absolute Gasteiger partial charge is 0.303 e. The lowest BCUT2D eigenvalue weighted by atomic mass is 9.85. The fourth-order valence-electron chi connectivity index (χ4n) is 2.89. The molecule has 3 rings (SSSR count). The van der Waals surface area contributed by atoms with E-state index in [4.69, 9.17) is 5.11 Å². The number of para-hydroxylation sites is 1. The van der Waals surface area contributed by atoms with Crippen LogP contribution in [0.4, 0.5) is 0 Å². The number of hydrogen-bond donors (Lipinski definition) is 1. The van der Waals surface area contributed by atoms with Gasteiger partial charge in [0.25, 0.3) is 0 Å². The minimum absolute atomic E-state index is 0.202. The second-order valence-corrected chi connectivity index (χ2v) is 5.51. The maximum atomic E-state index is 10.8. The molecule has 0 saturated heterocycles. The Bertz CT molecular complexity index is 596. The molecule has 1 aromatic heterocycles. The summed E-state index contributed by atoms with van der Waals surface area (Å²) in [6, 6.07) is 8.32. The van der Waals surface area contributed by atoms with Crippen LogP contribution in [0.1, 0.15) is 31.2 Å². The predicted octanol–water partition coefficient (Wildman–Crippen LogP) is 3.46. The van der Waals surface area contributed by atoms with Crippen LogP contribution in [0.25, 0.3) is 10.9 Å². The molecular formula is C16H19NO2. The molecule has 1 heterocycles. The van der Waals surface area contributed by atoms with Crippen LogP contribution in [0.15, 0.2) is 30.5 Å². The summed E-state index contributed by atoms with van der Waals surface area (Å²) in [5, 5.41) is 10.1. The van der Waals surface area contributed by atoms with Crippen molar-refractivity contribution in [1.82, 2.24) is 4.57 Å². The Hall–Kier alpha value is -1.77. The van der Waals surface area contributed by atoms with Crippen molar-refractivity contribution in [3.05, 3.63) is 36.0 Å². The molecule has 0 spiro atoms. The van der Waals surface area contributed by atoms with Gasteiger partial charge < -0.3 is 9.67 Å². The van der Waals surface area contributed by atoms with Gasteiger partial charge in [0.1, 0.15) is 0 Å². The molecule has 3 heteroatoms. The minimum atomic E-state index is -0.728. The molecule has 1 aliphatic carbocycles. The van der Waals surface area contributed by atoms with Crippen LogP contribution < -0.4 is 0 Å². The first-order valence-electron chi connectivity index (χ1n) is 7.02. The molecule has 0 atom stereocenters. The molecule has 0 radical (unpaired) electrons. The van der Waals surface area contributed by atoms with E-state index in [9.17, 15) is 4.79 Å². The summed E-state index contributed by atoms with van der Waals surface area (Å²) in [6.07, 6.45) is 6.98. The Labute approximate surface area is 112 Å². The normalized spacial score (nSPS) is 15.6. The Morgan fingerprint density at radius 3 is 2.84 bits per heavy atom. The zero-order valence-electron chi connectivity index (χ0n) is 11.0. The van der Waals surface area contributed by atoms with Crippen molar-refractivity contribution < 1.29 is 9.90 Å². The number of benzene rings is 1. The van der Waals surface area contributed by atoms with Gasteiger partial charge in [-0.1, -0.05) is 24.6 Å². The van der Waals surface area contributed by atoms with E-state index in [1.54, 1.807) is 0 Å². The van der Waals surface area contributed by atoms with Crippen LogP contribution in [0, 0.1) is 5.92 Å². The van der Waals surface area contributed by atoms with Crippen LogP contribution in [0.5, 0.6) is 0 Å². The van der Waals surface area contributed by atoms with E-state index >= 15 is 0 Å². The van der Waals surface area contributed by atoms with Crippen LogP contribution in [0.2, 0.25) is 0 Å². The molecule has 1 aromatic carbocycles. The number of rotatable bonds is 5. The minimum Gasteiger partial charge on any atom is -0.481 e. The fraction of sp³-hybridized carbons (Fsp3) is 0.438. The van der Waals surface area contributed by atoms with Gasteiger partial charge in [0.2, 0.25) is 0 Å². The summed E-state index contributed by atoms with van der Waals surface area (Å²) < 4.78 is 2.32. The number of carbonyl (C=O) groups is 1. The van der Waals surface area contributed by atoms with E-state index in [0.717, 1.165) is 18.0 Å². The van der Waals surface area contributed by atoms with Crippen molar-refractivity contribution in [3.63, 3.8) is 0 Å². The Morgan fingerprint density at radius 2 is 2.16 bits per heavy atom. The molecule has 1 fully saturated rings.